The molecule has 0 saturated carbocycles. The van der Waals surface area contributed by atoms with Gasteiger partial charge in [-0.2, -0.15) is 23.3 Å². The minimum atomic E-state index is -5.16. The molecule has 9 heteroatoms. The quantitative estimate of drug-likeness (QED) is 0.857. The number of para-hydroxylation sites is 1. The molecule has 0 unspecified atom stereocenters. The fourth-order valence-electron chi connectivity index (χ4n) is 2.62. The summed E-state index contributed by atoms with van der Waals surface area (Å²) in [5, 5.41) is 24.0. The molecule has 1 aliphatic rings. The SMILES string of the molecule is Cc1cccc(C(=O)N2N=C(c3cccnc3)C[C@@]2(O)C(F)(F)F)c1O. The fourth-order valence-corrected chi connectivity index (χ4v) is 2.62. The van der Waals surface area contributed by atoms with Gasteiger partial charge in [0.2, 0.25) is 0 Å². The van der Waals surface area contributed by atoms with Crippen LogP contribution < -0.4 is 0 Å². The maximum Gasteiger partial charge on any atom is 0.438 e. The van der Waals surface area contributed by atoms with Crippen LogP contribution in [-0.4, -0.2) is 43.7 Å². The Hall–Kier alpha value is -2.94. The Morgan fingerprint density at radius 1 is 1.27 bits per heavy atom. The zero-order chi connectivity index (χ0) is 19.1. The van der Waals surface area contributed by atoms with Crippen LogP contribution >= 0.6 is 0 Å². The highest BCUT2D eigenvalue weighted by atomic mass is 19.4. The minimum absolute atomic E-state index is 0.0240. The number of hydrogen-bond donors (Lipinski definition) is 2. The van der Waals surface area contributed by atoms with Gasteiger partial charge in [0.25, 0.3) is 11.6 Å². The molecule has 1 amide bonds. The van der Waals surface area contributed by atoms with Gasteiger partial charge in [-0.15, -0.1) is 0 Å². The van der Waals surface area contributed by atoms with E-state index in [1.165, 1.54) is 49.6 Å². The lowest BCUT2D eigenvalue weighted by Crippen LogP contribution is -2.56. The molecule has 0 radical (unpaired) electrons. The molecule has 26 heavy (non-hydrogen) atoms. The number of amides is 1. The Kier molecular flexibility index (Phi) is 4.19. The predicted octanol–water partition coefficient (Wildman–Crippen LogP) is 2.60. The number of aryl methyl sites for hydroxylation is 1. The normalized spacial score (nSPS) is 20.2. The smallest absolute Gasteiger partial charge is 0.438 e. The number of hydrazone groups is 1. The first-order valence-corrected chi connectivity index (χ1v) is 7.55. The number of nitrogens with zero attached hydrogens (tertiary/aromatic N) is 3. The van der Waals surface area contributed by atoms with Gasteiger partial charge in [0, 0.05) is 18.0 Å². The highest BCUT2D eigenvalue weighted by Crippen LogP contribution is 2.42. The molecule has 0 aliphatic carbocycles. The second-order valence-corrected chi connectivity index (χ2v) is 5.87. The molecular weight excluding hydrogens is 351 g/mol. The van der Waals surface area contributed by atoms with Crippen molar-refractivity contribution < 1.29 is 28.2 Å². The van der Waals surface area contributed by atoms with Crippen molar-refractivity contribution in [2.24, 2.45) is 5.10 Å². The Morgan fingerprint density at radius 3 is 2.62 bits per heavy atom. The molecular formula is C17H14F3N3O3. The van der Waals surface area contributed by atoms with E-state index >= 15 is 0 Å². The molecule has 0 spiro atoms. The lowest BCUT2D eigenvalue weighted by molar-refractivity contribution is -0.297. The number of carbonyl (C=O) groups is 1. The second kappa shape index (κ2) is 6.10. The number of hydrogen-bond acceptors (Lipinski definition) is 5. The number of aromatic hydroxyl groups is 1. The third-order valence-corrected chi connectivity index (χ3v) is 4.09. The summed E-state index contributed by atoms with van der Waals surface area (Å²) in [5.74, 6) is -1.73. The van der Waals surface area contributed by atoms with E-state index in [1.807, 2.05) is 0 Å². The van der Waals surface area contributed by atoms with Gasteiger partial charge < -0.3 is 10.2 Å². The summed E-state index contributed by atoms with van der Waals surface area (Å²) in [6, 6.07) is 7.05. The molecule has 2 heterocycles. The first-order chi connectivity index (χ1) is 12.1. The number of aromatic nitrogens is 1. The van der Waals surface area contributed by atoms with Gasteiger partial charge in [-0.1, -0.05) is 18.2 Å². The number of phenols is 1. The molecule has 0 saturated heterocycles. The molecule has 136 valence electrons. The molecule has 1 atom stereocenters. The zero-order valence-electron chi connectivity index (χ0n) is 13.5. The van der Waals surface area contributed by atoms with Gasteiger partial charge in [-0.3, -0.25) is 9.78 Å². The first kappa shape index (κ1) is 17.9. The van der Waals surface area contributed by atoms with Crippen molar-refractivity contribution in [2.45, 2.75) is 25.2 Å². The molecule has 3 rings (SSSR count). The van der Waals surface area contributed by atoms with Crippen LogP contribution in [-0.2, 0) is 0 Å². The summed E-state index contributed by atoms with van der Waals surface area (Å²) in [5.41, 5.74) is -3.49. The van der Waals surface area contributed by atoms with Crippen molar-refractivity contribution >= 4 is 11.6 Å². The third kappa shape index (κ3) is 2.80. The Labute approximate surface area is 146 Å². The largest absolute Gasteiger partial charge is 0.507 e. The van der Waals surface area contributed by atoms with Crippen LogP contribution in [0.3, 0.4) is 0 Å². The summed E-state index contributed by atoms with van der Waals surface area (Å²) >= 11 is 0. The summed E-state index contributed by atoms with van der Waals surface area (Å²) in [6.45, 7) is 1.50. The summed E-state index contributed by atoms with van der Waals surface area (Å²) in [4.78, 5) is 16.4. The first-order valence-electron chi connectivity index (χ1n) is 7.55. The topological polar surface area (TPSA) is 86.0 Å². The van der Waals surface area contributed by atoms with Gasteiger partial charge in [0.05, 0.1) is 17.7 Å². The number of phenolic OH excluding ortho intramolecular Hbond substituents is 1. The minimum Gasteiger partial charge on any atom is -0.507 e. The van der Waals surface area contributed by atoms with Crippen LogP contribution in [0.5, 0.6) is 5.75 Å². The molecule has 1 aromatic carbocycles. The standard InChI is InChI=1S/C17H14F3N3O3/c1-10-4-2-6-12(14(10)24)15(25)23-16(26,17(18,19)20)8-13(22-23)11-5-3-7-21-9-11/h2-7,9,24,26H,8H2,1H3/t16-/m1/s1. The monoisotopic (exact) mass is 365 g/mol. The number of rotatable bonds is 2. The molecule has 0 bridgehead atoms. The van der Waals surface area contributed by atoms with Crippen molar-refractivity contribution in [3.63, 3.8) is 0 Å². The Bertz CT molecular complexity index is 884. The van der Waals surface area contributed by atoms with Gasteiger partial charge in [0.15, 0.2) is 0 Å². The molecule has 2 aromatic rings. The van der Waals surface area contributed by atoms with Crippen LogP contribution in [0.2, 0.25) is 0 Å². The lowest BCUT2D eigenvalue weighted by atomic mass is 10.0. The van der Waals surface area contributed by atoms with E-state index in [-0.39, 0.29) is 21.8 Å². The third-order valence-electron chi connectivity index (χ3n) is 4.09. The van der Waals surface area contributed by atoms with E-state index in [1.54, 1.807) is 0 Å². The molecule has 1 aromatic heterocycles. The van der Waals surface area contributed by atoms with E-state index in [4.69, 9.17) is 0 Å². The zero-order valence-corrected chi connectivity index (χ0v) is 13.5. The maximum atomic E-state index is 13.5. The van der Waals surface area contributed by atoms with Crippen LogP contribution in [0.4, 0.5) is 13.2 Å². The van der Waals surface area contributed by atoms with Gasteiger partial charge >= 0.3 is 6.18 Å². The molecule has 0 fully saturated rings. The molecule has 6 nitrogen and oxygen atoms in total. The van der Waals surface area contributed by atoms with Crippen LogP contribution in [0, 0.1) is 6.92 Å². The predicted molar refractivity (Wildman–Crippen MR) is 85.4 cm³/mol. The summed E-state index contributed by atoms with van der Waals surface area (Å²) in [6.07, 6.45) is -3.38. The van der Waals surface area contributed by atoms with Crippen molar-refractivity contribution in [3.05, 3.63) is 59.4 Å². The van der Waals surface area contributed by atoms with E-state index in [0.29, 0.717) is 5.56 Å². The van der Waals surface area contributed by atoms with Crippen molar-refractivity contribution in [1.29, 1.82) is 0 Å². The van der Waals surface area contributed by atoms with Crippen LogP contribution in [0.15, 0.2) is 47.8 Å². The average molecular weight is 365 g/mol. The Balaban J connectivity index is 2.09. The van der Waals surface area contributed by atoms with Gasteiger partial charge in [0.1, 0.15) is 5.75 Å². The fraction of sp³-hybridized carbons (Fsp3) is 0.235. The lowest BCUT2D eigenvalue weighted by Gasteiger charge is -2.32. The number of benzene rings is 1. The second-order valence-electron chi connectivity index (χ2n) is 5.87. The highest BCUT2D eigenvalue weighted by molar-refractivity contribution is 6.05. The summed E-state index contributed by atoms with van der Waals surface area (Å²) in [7, 11) is 0. The van der Waals surface area contributed by atoms with Crippen molar-refractivity contribution in [2.75, 3.05) is 0 Å². The van der Waals surface area contributed by atoms with Crippen molar-refractivity contribution in [3.8, 4) is 5.75 Å². The average Bonchev–Trinajstić information content (AvgIpc) is 2.96. The molecule has 1 aliphatic heterocycles. The number of halogens is 3. The number of aliphatic hydroxyl groups is 1. The molecule has 2 N–H and O–H groups in total. The number of alkyl halides is 3. The van der Waals surface area contributed by atoms with E-state index in [2.05, 4.69) is 10.1 Å². The van der Waals surface area contributed by atoms with E-state index < -0.39 is 30.0 Å². The van der Waals surface area contributed by atoms with Crippen molar-refractivity contribution in [1.82, 2.24) is 9.99 Å². The number of carbonyl (C=O) groups excluding carboxylic acids is 1. The van der Waals surface area contributed by atoms with E-state index in [0.717, 1.165) is 0 Å². The number of pyridine rings is 1. The van der Waals surface area contributed by atoms with Crippen LogP contribution in [0.1, 0.15) is 27.9 Å². The summed E-state index contributed by atoms with van der Waals surface area (Å²) < 4.78 is 40.6. The van der Waals surface area contributed by atoms with E-state index in [9.17, 15) is 28.2 Å². The van der Waals surface area contributed by atoms with Gasteiger partial charge in [-0.05, 0) is 24.6 Å². The Morgan fingerprint density at radius 2 is 2.00 bits per heavy atom. The van der Waals surface area contributed by atoms with Gasteiger partial charge in [-0.25, -0.2) is 0 Å². The van der Waals surface area contributed by atoms with Crippen LogP contribution in [0.25, 0.3) is 0 Å². The highest BCUT2D eigenvalue weighted by Gasteiger charge is 2.63. The maximum absolute atomic E-state index is 13.5.